The number of aliphatic hydroxyl groups is 2. The van der Waals surface area contributed by atoms with Gasteiger partial charge in [-0.2, -0.15) is 0 Å². The summed E-state index contributed by atoms with van der Waals surface area (Å²) in [7, 11) is 0. The number of amides is 1. The molecule has 3 atom stereocenters. The van der Waals surface area contributed by atoms with E-state index < -0.39 is 29.7 Å². The van der Waals surface area contributed by atoms with Crippen LogP contribution in [0.15, 0.2) is 17.2 Å². The first-order valence-corrected chi connectivity index (χ1v) is 5.82. The van der Waals surface area contributed by atoms with Crippen LogP contribution in [-0.2, 0) is 4.74 Å². The molecule has 0 radical (unpaired) electrons. The normalized spacial score (nSPS) is 27.2. The fraction of sp³-hybridized carbons (Fsp3) is 0.545. The highest BCUT2D eigenvalue weighted by molar-refractivity contribution is 5.90. The first-order chi connectivity index (χ1) is 9.04. The Balaban J connectivity index is 2.27. The van der Waals surface area contributed by atoms with Crippen molar-refractivity contribution < 1.29 is 19.7 Å². The number of hydrogen-bond acceptors (Lipinski definition) is 6. The maximum Gasteiger partial charge on any atom is 0.282 e. The molecule has 0 bridgehead atoms. The fourth-order valence-corrected chi connectivity index (χ4v) is 2.09. The van der Waals surface area contributed by atoms with Crippen molar-refractivity contribution in [3.63, 3.8) is 0 Å². The summed E-state index contributed by atoms with van der Waals surface area (Å²) < 4.78 is 6.53. The van der Waals surface area contributed by atoms with Gasteiger partial charge in [-0.3, -0.25) is 9.59 Å². The number of rotatable bonds is 3. The van der Waals surface area contributed by atoms with Crippen LogP contribution in [0.25, 0.3) is 0 Å². The van der Waals surface area contributed by atoms with E-state index in [1.807, 2.05) is 0 Å². The zero-order chi connectivity index (χ0) is 14.0. The highest BCUT2D eigenvalue weighted by Crippen LogP contribution is 2.22. The molecule has 0 aliphatic carbocycles. The summed E-state index contributed by atoms with van der Waals surface area (Å²) >= 11 is 0. The van der Waals surface area contributed by atoms with Crippen LogP contribution in [0, 0.1) is 0 Å². The lowest BCUT2D eigenvalue weighted by molar-refractivity contribution is -0.113. The maximum absolute atomic E-state index is 12.0. The molecule has 0 saturated carbocycles. The van der Waals surface area contributed by atoms with Gasteiger partial charge in [0.15, 0.2) is 5.69 Å². The molecule has 1 aliphatic heterocycles. The second kappa shape index (κ2) is 5.47. The molecule has 19 heavy (non-hydrogen) atoms. The number of carbonyl (C=O) groups is 1. The highest BCUT2D eigenvalue weighted by Gasteiger charge is 2.31. The third kappa shape index (κ3) is 2.65. The van der Waals surface area contributed by atoms with Crippen molar-refractivity contribution in [2.45, 2.75) is 24.7 Å². The molecule has 2 rings (SSSR count). The van der Waals surface area contributed by atoms with Crippen LogP contribution >= 0.6 is 0 Å². The number of nitrogens with two attached hydrogens (primary N) is 1. The minimum atomic E-state index is -0.898. The predicted octanol–water partition coefficient (Wildman–Crippen LogP) is -1.97. The first kappa shape index (κ1) is 13.7. The standard InChI is InChI=1S/C11H15N3O5/c12-10(17)9-11(18)14(2-1-13-9)6-3-7(16)8(4-15)19-5-6/h1-2,6-8,15-16H,3-5H2,(H2,12,17). The lowest BCUT2D eigenvalue weighted by Gasteiger charge is -2.33. The summed E-state index contributed by atoms with van der Waals surface area (Å²) in [4.78, 5) is 26.7. The Hall–Kier alpha value is -1.77. The molecular formula is C11H15N3O5. The summed E-state index contributed by atoms with van der Waals surface area (Å²) in [6.07, 6.45) is 1.43. The summed E-state index contributed by atoms with van der Waals surface area (Å²) in [6.45, 7) is -0.129. The van der Waals surface area contributed by atoms with Crippen LogP contribution in [0.5, 0.6) is 0 Å². The van der Waals surface area contributed by atoms with Crippen molar-refractivity contribution in [3.05, 3.63) is 28.4 Å². The molecule has 0 aromatic carbocycles. The molecule has 8 heteroatoms. The van der Waals surface area contributed by atoms with E-state index in [2.05, 4.69) is 4.98 Å². The van der Waals surface area contributed by atoms with Crippen molar-refractivity contribution in [1.82, 2.24) is 9.55 Å². The van der Waals surface area contributed by atoms with Gasteiger partial charge in [0.05, 0.1) is 25.4 Å². The van der Waals surface area contributed by atoms with Gasteiger partial charge in [-0.05, 0) is 6.42 Å². The molecule has 1 fully saturated rings. The van der Waals surface area contributed by atoms with E-state index in [4.69, 9.17) is 15.6 Å². The Kier molecular flexibility index (Phi) is 3.93. The average Bonchev–Trinajstić information content (AvgIpc) is 2.38. The number of primary amides is 1. The molecule has 1 amide bonds. The minimum absolute atomic E-state index is 0.157. The maximum atomic E-state index is 12.0. The molecular weight excluding hydrogens is 254 g/mol. The van der Waals surface area contributed by atoms with E-state index in [-0.39, 0.29) is 25.3 Å². The van der Waals surface area contributed by atoms with Crippen LogP contribution in [0.3, 0.4) is 0 Å². The van der Waals surface area contributed by atoms with Gasteiger partial charge < -0.3 is 25.3 Å². The summed E-state index contributed by atoms with van der Waals surface area (Å²) in [5.74, 6) is -0.898. The Morgan fingerprint density at radius 3 is 2.95 bits per heavy atom. The van der Waals surface area contributed by atoms with E-state index in [0.717, 1.165) is 0 Å². The Morgan fingerprint density at radius 1 is 1.63 bits per heavy atom. The van der Waals surface area contributed by atoms with Gasteiger partial charge in [0.2, 0.25) is 0 Å². The van der Waals surface area contributed by atoms with Crippen LogP contribution < -0.4 is 11.3 Å². The highest BCUT2D eigenvalue weighted by atomic mass is 16.5. The molecule has 2 heterocycles. The average molecular weight is 269 g/mol. The topological polar surface area (TPSA) is 128 Å². The van der Waals surface area contributed by atoms with E-state index in [1.165, 1.54) is 17.0 Å². The van der Waals surface area contributed by atoms with Crippen molar-refractivity contribution in [2.75, 3.05) is 13.2 Å². The first-order valence-electron chi connectivity index (χ1n) is 5.82. The zero-order valence-corrected chi connectivity index (χ0v) is 10.1. The molecule has 1 aromatic heterocycles. The summed E-state index contributed by atoms with van der Waals surface area (Å²) in [5, 5.41) is 18.7. The number of aliphatic hydroxyl groups excluding tert-OH is 2. The SMILES string of the molecule is NC(=O)c1nccn(C2COC(CO)C(O)C2)c1=O. The number of aromatic nitrogens is 2. The number of hydrogen-bond donors (Lipinski definition) is 3. The second-order valence-corrected chi connectivity index (χ2v) is 4.36. The lowest BCUT2D eigenvalue weighted by Crippen LogP contribution is -2.44. The summed E-state index contributed by atoms with van der Waals surface area (Å²) in [6, 6.07) is -0.425. The fourth-order valence-electron chi connectivity index (χ4n) is 2.09. The van der Waals surface area contributed by atoms with E-state index >= 15 is 0 Å². The Morgan fingerprint density at radius 2 is 2.37 bits per heavy atom. The summed E-state index contributed by atoms with van der Waals surface area (Å²) in [5.41, 5.74) is 4.10. The monoisotopic (exact) mass is 269 g/mol. The number of nitrogens with zero attached hydrogens (tertiary/aromatic N) is 2. The van der Waals surface area contributed by atoms with Crippen molar-refractivity contribution >= 4 is 5.91 Å². The van der Waals surface area contributed by atoms with Gasteiger partial charge in [0.1, 0.15) is 6.10 Å². The van der Waals surface area contributed by atoms with Crippen molar-refractivity contribution in [1.29, 1.82) is 0 Å². The molecule has 1 aromatic rings. The third-order valence-corrected chi connectivity index (χ3v) is 3.12. The smallest absolute Gasteiger partial charge is 0.282 e. The third-order valence-electron chi connectivity index (χ3n) is 3.12. The van der Waals surface area contributed by atoms with E-state index in [9.17, 15) is 14.7 Å². The van der Waals surface area contributed by atoms with Crippen molar-refractivity contribution in [2.24, 2.45) is 5.73 Å². The number of carbonyl (C=O) groups excluding carboxylic acids is 1. The van der Waals surface area contributed by atoms with Gasteiger partial charge in [-0.1, -0.05) is 0 Å². The zero-order valence-electron chi connectivity index (χ0n) is 10.1. The molecule has 1 saturated heterocycles. The van der Waals surface area contributed by atoms with Gasteiger partial charge in [0, 0.05) is 12.4 Å². The lowest BCUT2D eigenvalue weighted by atomic mass is 10.0. The van der Waals surface area contributed by atoms with E-state index in [1.54, 1.807) is 0 Å². The van der Waals surface area contributed by atoms with Crippen LogP contribution in [0.1, 0.15) is 23.0 Å². The molecule has 4 N–H and O–H groups in total. The molecule has 8 nitrogen and oxygen atoms in total. The van der Waals surface area contributed by atoms with Crippen LogP contribution in [0.4, 0.5) is 0 Å². The minimum Gasteiger partial charge on any atom is -0.394 e. The second-order valence-electron chi connectivity index (χ2n) is 4.36. The Bertz CT molecular complexity index is 529. The molecule has 3 unspecified atom stereocenters. The van der Waals surface area contributed by atoms with E-state index in [0.29, 0.717) is 0 Å². The van der Waals surface area contributed by atoms with Crippen LogP contribution in [-0.4, -0.2) is 51.1 Å². The van der Waals surface area contributed by atoms with Gasteiger partial charge >= 0.3 is 0 Å². The van der Waals surface area contributed by atoms with Crippen LogP contribution in [0.2, 0.25) is 0 Å². The van der Waals surface area contributed by atoms with Gasteiger partial charge in [0.25, 0.3) is 11.5 Å². The molecule has 1 aliphatic rings. The quantitative estimate of drug-likeness (QED) is 0.583. The number of ether oxygens (including phenoxy) is 1. The predicted molar refractivity (Wildman–Crippen MR) is 63.5 cm³/mol. The van der Waals surface area contributed by atoms with Gasteiger partial charge in [-0.25, -0.2) is 4.98 Å². The molecule has 104 valence electrons. The van der Waals surface area contributed by atoms with Crippen molar-refractivity contribution in [3.8, 4) is 0 Å². The van der Waals surface area contributed by atoms with Gasteiger partial charge in [-0.15, -0.1) is 0 Å². The largest absolute Gasteiger partial charge is 0.394 e. The Labute approximate surface area is 108 Å². The molecule has 0 spiro atoms.